The minimum absolute atomic E-state index is 0.489. The van der Waals surface area contributed by atoms with E-state index in [1.54, 1.807) is 48.5 Å². The molecule has 0 bridgehead atoms. The van der Waals surface area contributed by atoms with Gasteiger partial charge in [-0.1, -0.05) is 48.5 Å². The van der Waals surface area contributed by atoms with E-state index >= 15 is 0 Å². The molecule has 3 aromatic carbocycles. The average molecular weight is 467 g/mol. The Kier molecular flexibility index (Phi) is 8.34. The summed E-state index contributed by atoms with van der Waals surface area (Å²) in [5.74, 6) is -0.160. The number of ether oxygens (including phenoxy) is 2. The van der Waals surface area contributed by atoms with Gasteiger partial charge >= 0.3 is 5.97 Å². The minimum atomic E-state index is -3.83. The first-order valence-corrected chi connectivity index (χ1v) is 11.5. The maximum atomic E-state index is 12.0. The van der Waals surface area contributed by atoms with Crippen molar-refractivity contribution >= 4 is 33.7 Å². The van der Waals surface area contributed by atoms with E-state index in [9.17, 15) is 18.0 Å². The highest BCUT2D eigenvalue weighted by Crippen LogP contribution is 2.22. The van der Waals surface area contributed by atoms with Crippen molar-refractivity contribution in [3.63, 3.8) is 0 Å². The van der Waals surface area contributed by atoms with Gasteiger partial charge in [0.05, 0.1) is 0 Å². The van der Waals surface area contributed by atoms with E-state index < -0.39 is 35.1 Å². The Morgan fingerprint density at radius 2 is 1.42 bits per heavy atom. The SMILES string of the molecule is O=C(COC(=O)CNS(=O)(=O)/C=C/c1ccccc1)Nc1ccc(Oc2ccccc2)cc1. The number of sulfonamides is 1. The molecule has 3 aromatic rings. The normalized spacial score (nSPS) is 11.2. The number of benzene rings is 3. The number of amides is 1. The molecular formula is C24H22N2O6S. The standard InChI is InChI=1S/C24H22N2O6S/c27-23(26-20-11-13-22(14-12-20)32-21-9-5-2-6-10-21)18-31-24(28)17-25-33(29,30)16-15-19-7-3-1-4-8-19/h1-16,25H,17-18H2,(H,26,27)/b16-15+. The molecule has 0 fully saturated rings. The lowest BCUT2D eigenvalue weighted by Crippen LogP contribution is -2.31. The summed E-state index contributed by atoms with van der Waals surface area (Å²) in [6, 6.07) is 24.7. The highest BCUT2D eigenvalue weighted by Gasteiger charge is 2.12. The molecule has 33 heavy (non-hydrogen) atoms. The second-order valence-corrected chi connectivity index (χ2v) is 8.38. The van der Waals surface area contributed by atoms with Crippen LogP contribution in [-0.4, -0.2) is 33.4 Å². The lowest BCUT2D eigenvalue weighted by atomic mass is 10.2. The molecule has 0 aromatic heterocycles. The quantitative estimate of drug-likeness (QED) is 0.442. The number of para-hydroxylation sites is 1. The first kappa shape index (κ1) is 23.7. The molecule has 3 rings (SSSR count). The van der Waals surface area contributed by atoms with Crippen LogP contribution in [0.5, 0.6) is 11.5 Å². The second kappa shape index (κ2) is 11.6. The third kappa shape index (κ3) is 8.60. The monoisotopic (exact) mass is 466 g/mol. The number of carbonyl (C=O) groups is 2. The van der Waals surface area contributed by atoms with Crippen LogP contribution in [0.25, 0.3) is 6.08 Å². The summed E-state index contributed by atoms with van der Waals surface area (Å²) in [6.07, 6.45) is 1.40. The molecule has 1 amide bonds. The topological polar surface area (TPSA) is 111 Å². The summed E-state index contributed by atoms with van der Waals surface area (Å²) >= 11 is 0. The lowest BCUT2D eigenvalue weighted by Gasteiger charge is -2.09. The van der Waals surface area contributed by atoms with Crippen LogP contribution in [0.1, 0.15) is 5.56 Å². The third-order valence-corrected chi connectivity index (χ3v) is 5.18. The number of esters is 1. The molecule has 0 saturated carbocycles. The minimum Gasteiger partial charge on any atom is -0.457 e. The van der Waals surface area contributed by atoms with Gasteiger partial charge in [0.1, 0.15) is 18.0 Å². The molecule has 0 heterocycles. The van der Waals surface area contributed by atoms with Gasteiger partial charge in [-0.2, -0.15) is 0 Å². The second-order valence-electron chi connectivity index (χ2n) is 6.73. The van der Waals surface area contributed by atoms with Crippen molar-refractivity contribution in [1.82, 2.24) is 4.72 Å². The summed E-state index contributed by atoms with van der Waals surface area (Å²) in [6.45, 7) is -1.15. The first-order chi connectivity index (χ1) is 15.9. The van der Waals surface area contributed by atoms with Crippen LogP contribution in [0.2, 0.25) is 0 Å². The van der Waals surface area contributed by atoms with Crippen molar-refractivity contribution in [2.24, 2.45) is 0 Å². The lowest BCUT2D eigenvalue weighted by molar-refractivity contribution is -0.146. The summed E-state index contributed by atoms with van der Waals surface area (Å²) in [7, 11) is -3.83. The van der Waals surface area contributed by atoms with E-state index in [-0.39, 0.29) is 0 Å². The first-order valence-electron chi connectivity index (χ1n) is 9.91. The van der Waals surface area contributed by atoms with Crippen LogP contribution in [0.4, 0.5) is 5.69 Å². The fraction of sp³-hybridized carbons (Fsp3) is 0.0833. The smallest absolute Gasteiger partial charge is 0.321 e. The highest BCUT2D eigenvalue weighted by molar-refractivity contribution is 7.92. The van der Waals surface area contributed by atoms with E-state index in [0.29, 0.717) is 22.7 Å². The zero-order valence-electron chi connectivity index (χ0n) is 17.5. The number of carbonyl (C=O) groups excluding carboxylic acids is 2. The molecule has 0 radical (unpaired) electrons. The van der Waals surface area contributed by atoms with Gasteiger partial charge in [0, 0.05) is 11.1 Å². The van der Waals surface area contributed by atoms with Gasteiger partial charge in [-0.05, 0) is 48.0 Å². The van der Waals surface area contributed by atoms with Crippen molar-refractivity contribution in [3.05, 3.63) is 95.9 Å². The Morgan fingerprint density at radius 3 is 2.09 bits per heavy atom. The van der Waals surface area contributed by atoms with Crippen molar-refractivity contribution in [2.45, 2.75) is 0 Å². The maximum Gasteiger partial charge on any atom is 0.321 e. The molecule has 2 N–H and O–H groups in total. The Balaban J connectivity index is 1.39. The van der Waals surface area contributed by atoms with Crippen molar-refractivity contribution in [1.29, 1.82) is 0 Å². The van der Waals surface area contributed by atoms with Gasteiger partial charge in [0.15, 0.2) is 6.61 Å². The molecule has 9 heteroatoms. The van der Waals surface area contributed by atoms with Crippen LogP contribution in [0.3, 0.4) is 0 Å². The zero-order chi connectivity index (χ0) is 23.5. The van der Waals surface area contributed by atoms with Crippen LogP contribution >= 0.6 is 0 Å². The molecule has 170 valence electrons. The van der Waals surface area contributed by atoms with Gasteiger partial charge in [0.25, 0.3) is 5.91 Å². The molecular weight excluding hydrogens is 444 g/mol. The number of nitrogens with one attached hydrogen (secondary N) is 2. The predicted molar refractivity (Wildman–Crippen MR) is 125 cm³/mol. The van der Waals surface area contributed by atoms with Crippen molar-refractivity contribution in [2.75, 3.05) is 18.5 Å². The molecule has 8 nitrogen and oxygen atoms in total. The van der Waals surface area contributed by atoms with Gasteiger partial charge in [0.2, 0.25) is 10.0 Å². The average Bonchev–Trinajstić information content (AvgIpc) is 2.83. The van der Waals surface area contributed by atoms with Crippen LogP contribution in [0.15, 0.2) is 90.3 Å². The predicted octanol–water partition coefficient (Wildman–Crippen LogP) is 3.55. The van der Waals surface area contributed by atoms with E-state index in [1.807, 2.05) is 36.4 Å². The Hall–Kier alpha value is -3.95. The Bertz CT molecular complexity index is 1190. The van der Waals surface area contributed by atoms with Gasteiger partial charge in [-0.25, -0.2) is 13.1 Å². The Labute approximate surface area is 191 Å². The fourth-order valence-electron chi connectivity index (χ4n) is 2.56. The van der Waals surface area contributed by atoms with Gasteiger partial charge in [-0.15, -0.1) is 0 Å². The van der Waals surface area contributed by atoms with E-state index in [0.717, 1.165) is 5.41 Å². The van der Waals surface area contributed by atoms with E-state index in [4.69, 9.17) is 9.47 Å². The third-order valence-electron chi connectivity index (χ3n) is 4.14. The summed E-state index contributed by atoms with van der Waals surface area (Å²) in [5.41, 5.74) is 1.19. The van der Waals surface area contributed by atoms with Crippen molar-refractivity contribution < 1.29 is 27.5 Å². The Morgan fingerprint density at radius 1 is 0.818 bits per heavy atom. The van der Waals surface area contributed by atoms with Gasteiger partial charge < -0.3 is 14.8 Å². The number of hydrogen-bond acceptors (Lipinski definition) is 6. The molecule has 0 aliphatic heterocycles. The maximum absolute atomic E-state index is 12.0. The fourth-order valence-corrected chi connectivity index (χ4v) is 3.32. The van der Waals surface area contributed by atoms with E-state index in [2.05, 4.69) is 10.0 Å². The van der Waals surface area contributed by atoms with Crippen LogP contribution in [0, 0.1) is 0 Å². The summed E-state index contributed by atoms with van der Waals surface area (Å²) < 4.78 is 36.4. The highest BCUT2D eigenvalue weighted by atomic mass is 32.2. The van der Waals surface area contributed by atoms with Crippen LogP contribution in [-0.2, 0) is 24.3 Å². The molecule has 0 unspecified atom stereocenters. The molecule has 0 aliphatic carbocycles. The van der Waals surface area contributed by atoms with Crippen molar-refractivity contribution in [3.8, 4) is 11.5 Å². The zero-order valence-corrected chi connectivity index (χ0v) is 18.3. The molecule has 0 saturated heterocycles. The number of anilines is 1. The largest absolute Gasteiger partial charge is 0.457 e. The number of hydrogen-bond donors (Lipinski definition) is 2. The molecule has 0 spiro atoms. The number of rotatable bonds is 10. The van der Waals surface area contributed by atoms with Gasteiger partial charge in [-0.3, -0.25) is 9.59 Å². The molecule has 0 atom stereocenters. The van der Waals surface area contributed by atoms with Crippen LogP contribution < -0.4 is 14.8 Å². The van der Waals surface area contributed by atoms with E-state index in [1.165, 1.54) is 6.08 Å². The molecule has 0 aliphatic rings. The summed E-state index contributed by atoms with van der Waals surface area (Å²) in [4.78, 5) is 23.8. The summed E-state index contributed by atoms with van der Waals surface area (Å²) in [5, 5.41) is 3.53.